The third kappa shape index (κ3) is 1.62. The highest BCUT2D eigenvalue weighted by Crippen LogP contribution is 2.35. The molecule has 0 saturated heterocycles. The van der Waals surface area contributed by atoms with Gasteiger partial charge in [0.1, 0.15) is 11.9 Å². The number of amides is 1. The number of hydrogen-bond donors (Lipinski definition) is 2. The minimum absolute atomic E-state index is 0.00496. The van der Waals surface area contributed by atoms with Gasteiger partial charge in [0.25, 0.3) is 0 Å². The molecule has 0 bridgehead atoms. The van der Waals surface area contributed by atoms with Crippen LogP contribution in [-0.4, -0.2) is 11.0 Å². The molecule has 2 N–H and O–H groups in total. The van der Waals surface area contributed by atoms with E-state index in [4.69, 9.17) is 4.42 Å². The number of fused-ring (bicyclic) bond motifs is 1. The van der Waals surface area contributed by atoms with E-state index >= 15 is 0 Å². The predicted molar refractivity (Wildman–Crippen MR) is 66.3 cm³/mol. The van der Waals surface area contributed by atoms with E-state index in [-0.39, 0.29) is 11.8 Å². The Morgan fingerprint density at radius 3 is 2.94 bits per heavy atom. The van der Waals surface area contributed by atoms with Crippen LogP contribution >= 0.6 is 0 Å². The van der Waals surface area contributed by atoms with Gasteiger partial charge in [0, 0.05) is 5.69 Å². The molecular weight excluding hydrogens is 230 g/mol. The minimum atomic E-state index is -0.798. The number of furan rings is 1. The van der Waals surface area contributed by atoms with E-state index in [2.05, 4.69) is 5.32 Å². The van der Waals surface area contributed by atoms with E-state index in [0.717, 1.165) is 16.8 Å². The van der Waals surface area contributed by atoms with Crippen molar-refractivity contribution in [2.24, 2.45) is 0 Å². The molecule has 0 spiro atoms. The molecule has 1 aliphatic heterocycles. The first kappa shape index (κ1) is 11.0. The maximum Gasteiger partial charge on any atom is 0.231 e. The largest absolute Gasteiger partial charge is 0.466 e. The topological polar surface area (TPSA) is 62.5 Å². The minimum Gasteiger partial charge on any atom is -0.466 e. The number of aliphatic hydroxyl groups is 1. The summed E-state index contributed by atoms with van der Waals surface area (Å²) in [4.78, 5) is 11.5. The molecule has 92 valence electrons. The number of hydrogen-bond acceptors (Lipinski definition) is 3. The van der Waals surface area contributed by atoms with Gasteiger partial charge in [-0.15, -0.1) is 0 Å². The fourth-order valence-corrected chi connectivity index (χ4v) is 2.22. The fraction of sp³-hybridized carbons (Fsp3) is 0.214. The Bertz CT molecular complexity index is 589. The number of rotatable bonds is 2. The first-order valence-corrected chi connectivity index (χ1v) is 5.83. The van der Waals surface area contributed by atoms with Gasteiger partial charge in [-0.3, -0.25) is 4.79 Å². The third-order valence-corrected chi connectivity index (χ3v) is 3.32. The summed E-state index contributed by atoms with van der Waals surface area (Å²) in [7, 11) is 0. The van der Waals surface area contributed by atoms with Gasteiger partial charge < -0.3 is 14.8 Å². The lowest BCUT2D eigenvalue weighted by Crippen LogP contribution is -2.08. The molecule has 2 aromatic rings. The second-order valence-electron chi connectivity index (χ2n) is 4.48. The molecule has 2 atom stereocenters. The molecule has 0 aliphatic carbocycles. The number of carbonyl (C=O) groups excluding carboxylic acids is 1. The molecular formula is C14H13NO3. The van der Waals surface area contributed by atoms with Gasteiger partial charge in [0.15, 0.2) is 0 Å². The zero-order chi connectivity index (χ0) is 12.7. The monoisotopic (exact) mass is 243 g/mol. The van der Waals surface area contributed by atoms with Crippen LogP contribution in [0.2, 0.25) is 0 Å². The molecule has 1 amide bonds. The van der Waals surface area contributed by atoms with E-state index in [1.165, 1.54) is 6.26 Å². The van der Waals surface area contributed by atoms with Crippen molar-refractivity contribution in [1.82, 2.24) is 0 Å². The lowest BCUT2D eigenvalue weighted by Gasteiger charge is -2.10. The van der Waals surface area contributed by atoms with E-state index in [1.54, 1.807) is 18.2 Å². The highest BCUT2D eigenvalue weighted by atomic mass is 16.4. The molecule has 4 nitrogen and oxygen atoms in total. The Labute approximate surface area is 104 Å². The molecule has 0 saturated carbocycles. The van der Waals surface area contributed by atoms with Crippen molar-refractivity contribution in [3.05, 3.63) is 53.5 Å². The van der Waals surface area contributed by atoms with Crippen LogP contribution < -0.4 is 5.32 Å². The molecule has 2 heterocycles. The molecule has 1 aliphatic rings. The lowest BCUT2D eigenvalue weighted by molar-refractivity contribution is -0.116. The zero-order valence-electron chi connectivity index (χ0n) is 9.88. The fourth-order valence-electron chi connectivity index (χ4n) is 2.22. The maximum atomic E-state index is 11.5. The molecule has 4 heteroatoms. The van der Waals surface area contributed by atoms with Gasteiger partial charge in [-0.05, 0) is 42.3 Å². The van der Waals surface area contributed by atoms with Gasteiger partial charge in [0.05, 0.1) is 12.2 Å². The van der Waals surface area contributed by atoms with Crippen LogP contribution in [0.1, 0.15) is 35.8 Å². The normalized spacial score (nSPS) is 19.4. The Balaban J connectivity index is 1.99. The first-order chi connectivity index (χ1) is 8.66. The van der Waals surface area contributed by atoms with Crippen molar-refractivity contribution in [2.45, 2.75) is 18.9 Å². The molecule has 0 radical (unpaired) electrons. The first-order valence-electron chi connectivity index (χ1n) is 5.83. The van der Waals surface area contributed by atoms with Crippen LogP contribution in [0.3, 0.4) is 0 Å². The second kappa shape index (κ2) is 3.99. The van der Waals surface area contributed by atoms with E-state index in [9.17, 15) is 9.90 Å². The van der Waals surface area contributed by atoms with Crippen LogP contribution in [0.25, 0.3) is 0 Å². The number of anilines is 1. The third-order valence-electron chi connectivity index (χ3n) is 3.32. The quantitative estimate of drug-likeness (QED) is 0.851. The smallest absolute Gasteiger partial charge is 0.231 e. The van der Waals surface area contributed by atoms with Crippen LogP contribution in [0.5, 0.6) is 0 Å². The van der Waals surface area contributed by atoms with Crippen molar-refractivity contribution in [3.63, 3.8) is 0 Å². The van der Waals surface area contributed by atoms with Crippen LogP contribution in [0.4, 0.5) is 5.69 Å². The number of carbonyl (C=O) groups is 1. The van der Waals surface area contributed by atoms with Crippen molar-refractivity contribution in [2.75, 3.05) is 5.32 Å². The summed E-state index contributed by atoms with van der Waals surface area (Å²) in [5.74, 6) is 0.318. The van der Waals surface area contributed by atoms with E-state index in [1.807, 2.05) is 19.1 Å². The summed E-state index contributed by atoms with van der Waals surface area (Å²) < 4.78 is 5.18. The van der Waals surface area contributed by atoms with Gasteiger partial charge in [-0.1, -0.05) is 6.07 Å². The summed E-state index contributed by atoms with van der Waals surface area (Å²) >= 11 is 0. The standard InChI is InChI=1S/C14H13NO3/c1-8-10-7-9(4-5-11(10)15-14(8)17)13(16)12-3-2-6-18-12/h2-8,13,16H,1H3,(H,15,17). The summed E-state index contributed by atoms with van der Waals surface area (Å²) in [5, 5.41) is 13.0. The second-order valence-corrected chi connectivity index (χ2v) is 4.48. The van der Waals surface area contributed by atoms with E-state index < -0.39 is 6.10 Å². The summed E-state index contributed by atoms with van der Waals surface area (Å²) in [6, 6.07) is 8.93. The summed E-state index contributed by atoms with van der Waals surface area (Å²) in [6.45, 7) is 1.85. The Morgan fingerprint density at radius 1 is 1.39 bits per heavy atom. The number of nitrogens with one attached hydrogen (secondary N) is 1. The molecule has 2 unspecified atom stereocenters. The Morgan fingerprint density at radius 2 is 2.22 bits per heavy atom. The lowest BCUT2D eigenvalue weighted by atomic mass is 9.97. The van der Waals surface area contributed by atoms with Gasteiger partial charge in [-0.25, -0.2) is 0 Å². The van der Waals surface area contributed by atoms with Crippen LogP contribution in [0.15, 0.2) is 41.0 Å². The van der Waals surface area contributed by atoms with Crippen molar-refractivity contribution >= 4 is 11.6 Å². The SMILES string of the molecule is CC1C(=O)Nc2ccc(C(O)c3ccco3)cc21. The molecule has 18 heavy (non-hydrogen) atoms. The molecule has 0 fully saturated rings. The van der Waals surface area contributed by atoms with Crippen molar-refractivity contribution < 1.29 is 14.3 Å². The average Bonchev–Trinajstić information content (AvgIpc) is 2.99. The number of aliphatic hydroxyl groups excluding tert-OH is 1. The van der Waals surface area contributed by atoms with Crippen LogP contribution in [0, 0.1) is 0 Å². The van der Waals surface area contributed by atoms with Gasteiger partial charge in [-0.2, -0.15) is 0 Å². The Hall–Kier alpha value is -2.07. The number of benzene rings is 1. The predicted octanol–water partition coefficient (Wildman–Crippen LogP) is 2.42. The van der Waals surface area contributed by atoms with Crippen molar-refractivity contribution in [1.29, 1.82) is 0 Å². The summed E-state index contributed by atoms with van der Waals surface area (Å²) in [5.41, 5.74) is 2.47. The van der Waals surface area contributed by atoms with E-state index in [0.29, 0.717) is 5.76 Å². The molecule has 1 aromatic carbocycles. The highest BCUT2D eigenvalue weighted by molar-refractivity contribution is 6.02. The molecule has 3 rings (SSSR count). The van der Waals surface area contributed by atoms with Gasteiger partial charge >= 0.3 is 0 Å². The van der Waals surface area contributed by atoms with Crippen molar-refractivity contribution in [3.8, 4) is 0 Å². The van der Waals surface area contributed by atoms with Crippen LogP contribution in [-0.2, 0) is 4.79 Å². The van der Waals surface area contributed by atoms with Gasteiger partial charge in [0.2, 0.25) is 5.91 Å². The molecule has 1 aromatic heterocycles. The summed E-state index contributed by atoms with van der Waals surface area (Å²) in [6.07, 6.45) is 0.729. The highest BCUT2D eigenvalue weighted by Gasteiger charge is 2.27. The zero-order valence-corrected chi connectivity index (χ0v) is 9.88. The average molecular weight is 243 g/mol. The maximum absolute atomic E-state index is 11.5. The Kier molecular flexibility index (Phi) is 2.45.